The molecule has 1 fully saturated rings. The molecule has 0 aliphatic carbocycles. The number of aromatic amines is 1. The highest BCUT2D eigenvalue weighted by Gasteiger charge is 2.42. The van der Waals surface area contributed by atoms with E-state index in [-0.39, 0.29) is 23.6 Å². The third-order valence-electron chi connectivity index (χ3n) is 5.26. The lowest BCUT2D eigenvalue weighted by Gasteiger charge is -2.23. The summed E-state index contributed by atoms with van der Waals surface area (Å²) in [7, 11) is 0. The Morgan fingerprint density at radius 1 is 1.14 bits per heavy atom. The molecule has 0 bridgehead atoms. The van der Waals surface area contributed by atoms with E-state index in [0.717, 1.165) is 5.75 Å². The topological polar surface area (TPSA) is 101 Å². The highest BCUT2D eigenvalue weighted by molar-refractivity contribution is 7.99. The minimum atomic E-state index is -0.567. The monoisotopic (exact) mass is 415 g/mol. The second kappa shape index (κ2) is 7.64. The molecule has 2 amide bonds. The van der Waals surface area contributed by atoms with E-state index in [0.29, 0.717) is 23.1 Å². The van der Waals surface area contributed by atoms with Crippen LogP contribution in [0.5, 0.6) is 0 Å². The van der Waals surface area contributed by atoms with Crippen molar-refractivity contribution in [2.24, 2.45) is 0 Å². The Kier molecular flexibility index (Phi) is 5.18. The zero-order valence-corrected chi connectivity index (χ0v) is 16.9. The largest absolute Gasteiger partial charge is 0.352 e. The fraction of sp³-hybridized carbons (Fsp3) is 0.400. The molecule has 2 aliphatic heterocycles. The maximum absolute atomic E-state index is 12.7. The summed E-state index contributed by atoms with van der Waals surface area (Å²) in [5, 5.41) is 0.00782. The smallest absolute Gasteiger partial charge is 0.330 e. The fourth-order valence-electron chi connectivity index (χ4n) is 3.81. The van der Waals surface area contributed by atoms with E-state index in [1.54, 1.807) is 43.0 Å². The molecule has 29 heavy (non-hydrogen) atoms. The van der Waals surface area contributed by atoms with E-state index in [1.165, 1.54) is 15.7 Å². The van der Waals surface area contributed by atoms with Crippen LogP contribution >= 0.6 is 11.8 Å². The summed E-state index contributed by atoms with van der Waals surface area (Å²) in [6, 6.07) is 6.76. The first kappa shape index (κ1) is 19.7. The molecule has 0 radical (unpaired) electrons. The maximum atomic E-state index is 12.7. The molecular formula is C20H21N3O5S. The Bertz CT molecular complexity index is 1060. The van der Waals surface area contributed by atoms with E-state index < -0.39 is 23.6 Å². The van der Waals surface area contributed by atoms with Crippen molar-refractivity contribution in [2.45, 2.75) is 37.9 Å². The summed E-state index contributed by atoms with van der Waals surface area (Å²) in [5.74, 6) is 0.184. The molecule has 2 aromatic rings. The molecule has 2 aliphatic rings. The van der Waals surface area contributed by atoms with Gasteiger partial charge < -0.3 is 4.74 Å². The third-order valence-corrected chi connectivity index (χ3v) is 6.52. The van der Waals surface area contributed by atoms with E-state index in [1.807, 2.05) is 6.92 Å². The molecule has 8 nitrogen and oxygen atoms in total. The molecule has 152 valence electrons. The van der Waals surface area contributed by atoms with Gasteiger partial charge in [-0.2, -0.15) is 11.8 Å². The Morgan fingerprint density at radius 3 is 2.41 bits per heavy atom. The summed E-state index contributed by atoms with van der Waals surface area (Å²) < 4.78 is 7.50. The van der Waals surface area contributed by atoms with Gasteiger partial charge >= 0.3 is 5.69 Å². The summed E-state index contributed by atoms with van der Waals surface area (Å²) >= 11 is 1.67. The van der Waals surface area contributed by atoms with Crippen LogP contribution in [0.4, 0.5) is 0 Å². The number of thioether (sulfide) groups is 1. The van der Waals surface area contributed by atoms with Crippen LogP contribution in [0, 0.1) is 6.92 Å². The minimum Gasteiger partial charge on any atom is -0.352 e. The van der Waals surface area contributed by atoms with Crippen molar-refractivity contribution in [2.75, 3.05) is 12.3 Å². The van der Waals surface area contributed by atoms with Crippen molar-refractivity contribution in [1.29, 1.82) is 0 Å². The molecule has 1 N–H and O–H groups in total. The predicted octanol–water partition coefficient (Wildman–Crippen LogP) is 1.55. The second-order valence-electron chi connectivity index (χ2n) is 7.10. The molecule has 4 rings (SSSR count). The quantitative estimate of drug-likeness (QED) is 0.744. The molecule has 3 atom stereocenters. The Hall–Kier alpha value is -2.65. The van der Waals surface area contributed by atoms with Gasteiger partial charge in [-0.3, -0.25) is 28.8 Å². The number of nitrogens with zero attached hydrogens (tertiary/aromatic N) is 2. The molecule has 1 aromatic carbocycles. The van der Waals surface area contributed by atoms with E-state index >= 15 is 0 Å². The van der Waals surface area contributed by atoms with Crippen molar-refractivity contribution >= 4 is 23.6 Å². The van der Waals surface area contributed by atoms with E-state index in [4.69, 9.17) is 4.74 Å². The first-order valence-corrected chi connectivity index (χ1v) is 10.5. The van der Waals surface area contributed by atoms with Crippen molar-refractivity contribution in [1.82, 2.24) is 14.5 Å². The number of nitrogens with one attached hydrogen (secondary N) is 1. The molecule has 1 aromatic heterocycles. The molecule has 0 unspecified atom stereocenters. The Morgan fingerprint density at radius 2 is 1.79 bits per heavy atom. The number of carbonyl (C=O) groups excluding carboxylic acids is 2. The van der Waals surface area contributed by atoms with Crippen molar-refractivity contribution in [3.05, 3.63) is 68.0 Å². The molecule has 3 heterocycles. The molecular weight excluding hydrogens is 394 g/mol. The van der Waals surface area contributed by atoms with E-state index in [9.17, 15) is 19.2 Å². The van der Waals surface area contributed by atoms with Gasteiger partial charge in [-0.1, -0.05) is 19.1 Å². The first-order valence-electron chi connectivity index (χ1n) is 9.45. The average molecular weight is 415 g/mol. The SMILES string of the molecule is CCS[C@H]1C[C@H](n2cc(C)c(=O)[nH]c2=O)O[C@@H]1CN1C(=O)c2ccccc2C1=O. The number of rotatable bonds is 5. The van der Waals surface area contributed by atoms with Crippen LogP contribution in [0.25, 0.3) is 0 Å². The van der Waals surface area contributed by atoms with Crippen LogP contribution in [0.3, 0.4) is 0 Å². The zero-order chi connectivity index (χ0) is 20.7. The summed E-state index contributed by atoms with van der Waals surface area (Å²) in [5.41, 5.74) is 0.258. The molecule has 1 saturated heterocycles. The summed E-state index contributed by atoms with van der Waals surface area (Å²) in [4.78, 5) is 52.8. The van der Waals surface area contributed by atoms with Crippen molar-refractivity contribution in [3.8, 4) is 0 Å². The van der Waals surface area contributed by atoms with Crippen molar-refractivity contribution in [3.63, 3.8) is 0 Å². The van der Waals surface area contributed by atoms with Crippen LogP contribution in [-0.4, -0.2) is 49.9 Å². The number of aryl methyl sites for hydroxylation is 1. The number of carbonyl (C=O) groups is 2. The lowest BCUT2D eigenvalue weighted by Crippen LogP contribution is -2.40. The first-order chi connectivity index (χ1) is 13.9. The van der Waals surface area contributed by atoms with Gasteiger partial charge in [0.1, 0.15) is 6.23 Å². The molecule has 9 heteroatoms. The second-order valence-corrected chi connectivity index (χ2v) is 8.62. The van der Waals surface area contributed by atoms with Crippen LogP contribution in [-0.2, 0) is 4.74 Å². The van der Waals surface area contributed by atoms with Crippen LogP contribution in [0.15, 0.2) is 40.1 Å². The average Bonchev–Trinajstić information content (AvgIpc) is 3.20. The van der Waals surface area contributed by atoms with Gasteiger partial charge in [0.15, 0.2) is 0 Å². The van der Waals surface area contributed by atoms with Gasteiger partial charge in [0.05, 0.1) is 23.8 Å². The number of hydrogen-bond acceptors (Lipinski definition) is 6. The zero-order valence-electron chi connectivity index (χ0n) is 16.1. The number of H-pyrrole nitrogens is 1. The molecule has 0 spiro atoms. The van der Waals surface area contributed by atoms with Crippen LogP contribution < -0.4 is 11.2 Å². The van der Waals surface area contributed by atoms with Crippen LogP contribution in [0.2, 0.25) is 0 Å². The maximum Gasteiger partial charge on any atom is 0.330 e. The normalized spacial score (nSPS) is 23.7. The summed E-state index contributed by atoms with van der Waals surface area (Å²) in [6.07, 6.45) is 1.05. The standard InChI is InChI=1S/C20H21N3O5S/c1-3-29-15-8-16(22-9-11(2)17(24)21-20(22)27)28-14(15)10-23-18(25)12-6-4-5-7-13(12)19(23)26/h4-7,9,14-16H,3,8,10H2,1-2H3,(H,21,24,27)/t14-,15+,16-/m1/s1. The van der Waals surface area contributed by atoms with Gasteiger partial charge in [-0.25, -0.2) is 4.79 Å². The predicted molar refractivity (Wildman–Crippen MR) is 108 cm³/mol. The van der Waals surface area contributed by atoms with Crippen LogP contribution in [0.1, 0.15) is 45.9 Å². The van der Waals surface area contributed by atoms with Gasteiger partial charge in [-0.15, -0.1) is 0 Å². The Labute approximate surface area is 170 Å². The van der Waals surface area contributed by atoms with Gasteiger partial charge in [0, 0.05) is 23.4 Å². The number of hydrogen-bond donors (Lipinski definition) is 1. The van der Waals surface area contributed by atoms with Gasteiger partial charge in [0.25, 0.3) is 17.4 Å². The lowest BCUT2D eigenvalue weighted by molar-refractivity contribution is -0.0110. The number of fused-ring (bicyclic) bond motifs is 1. The minimum absolute atomic E-state index is 0.00782. The van der Waals surface area contributed by atoms with Crippen molar-refractivity contribution < 1.29 is 14.3 Å². The lowest BCUT2D eigenvalue weighted by atomic mass is 10.1. The highest BCUT2D eigenvalue weighted by Crippen LogP contribution is 2.37. The number of amides is 2. The Balaban J connectivity index is 1.58. The number of aromatic nitrogens is 2. The number of benzene rings is 1. The third kappa shape index (κ3) is 3.44. The summed E-state index contributed by atoms with van der Waals surface area (Å²) in [6.45, 7) is 3.77. The van der Waals surface area contributed by atoms with Gasteiger partial charge in [0.2, 0.25) is 0 Å². The van der Waals surface area contributed by atoms with E-state index in [2.05, 4.69) is 4.98 Å². The highest BCUT2D eigenvalue weighted by atomic mass is 32.2. The number of imide groups is 1. The number of ether oxygens (including phenoxy) is 1. The van der Waals surface area contributed by atoms with Gasteiger partial charge in [-0.05, 0) is 24.8 Å². The fourth-order valence-corrected chi connectivity index (χ4v) is 4.90. The molecule has 0 saturated carbocycles.